The second kappa shape index (κ2) is 4.82. The highest BCUT2D eigenvalue weighted by Crippen LogP contribution is 2.15. The molecule has 3 nitrogen and oxygen atoms in total. The molecule has 0 saturated carbocycles. The van der Waals surface area contributed by atoms with Crippen molar-refractivity contribution in [3.05, 3.63) is 12.2 Å². The molecule has 1 unspecified atom stereocenters. The summed E-state index contributed by atoms with van der Waals surface area (Å²) in [5.41, 5.74) is 5.12. The van der Waals surface area contributed by atoms with Crippen LogP contribution in [0.3, 0.4) is 0 Å². The number of carboxylic acid groups (broad SMARTS) is 1. The molecule has 0 aliphatic carbocycles. The average molecular weight is 179 g/mol. The molecule has 0 spiro atoms. The Hall–Kier alpha value is -0.970. The van der Waals surface area contributed by atoms with Gasteiger partial charge in [-0.25, -0.2) is 0 Å². The molecule has 0 heterocycles. The number of nitrogens with two attached hydrogens (primary N) is 1. The van der Waals surface area contributed by atoms with Crippen LogP contribution in [0.2, 0.25) is 0 Å². The van der Waals surface area contributed by atoms with Crippen LogP contribution < -0.4 is 5.73 Å². The Balaban J connectivity index is 4.35. The van der Waals surface area contributed by atoms with E-state index in [0.717, 1.165) is 0 Å². The van der Waals surface area contributed by atoms with E-state index in [9.17, 15) is 13.6 Å². The lowest BCUT2D eigenvalue weighted by Crippen LogP contribution is -2.25. The number of carboxylic acids is 1. The standard InChI is InChI=1S/C7H11F2NO2/c1-4(7(11)12)5(3-10)2-6(8)9/h2,4-5H,3,10H2,1H3,(H,11,12)/t4-,5?/m0/s1. The van der Waals surface area contributed by atoms with Gasteiger partial charge in [0.15, 0.2) is 0 Å². The summed E-state index contributed by atoms with van der Waals surface area (Å²) in [5.74, 6) is -2.80. The zero-order valence-corrected chi connectivity index (χ0v) is 6.63. The summed E-state index contributed by atoms with van der Waals surface area (Å²) in [5, 5.41) is 8.47. The number of rotatable bonds is 4. The smallest absolute Gasteiger partial charge is 0.306 e. The summed E-state index contributed by atoms with van der Waals surface area (Å²) < 4.78 is 23.4. The average Bonchev–Trinajstić information content (AvgIpc) is 1.98. The first kappa shape index (κ1) is 11.0. The fourth-order valence-electron chi connectivity index (χ4n) is 0.761. The van der Waals surface area contributed by atoms with E-state index in [-0.39, 0.29) is 6.54 Å². The van der Waals surface area contributed by atoms with Crippen LogP contribution in [0.5, 0.6) is 0 Å². The molecule has 12 heavy (non-hydrogen) atoms. The SMILES string of the molecule is C[C@H](C(=O)O)C(C=C(F)F)CN. The van der Waals surface area contributed by atoms with Gasteiger partial charge in [0.25, 0.3) is 6.08 Å². The molecular formula is C7H11F2NO2. The molecule has 0 aromatic heterocycles. The molecule has 70 valence electrons. The Bertz CT molecular complexity index is 190. The summed E-state index contributed by atoms with van der Waals surface area (Å²) in [6.45, 7) is 1.25. The van der Waals surface area contributed by atoms with Crippen LogP contribution in [-0.4, -0.2) is 17.6 Å². The van der Waals surface area contributed by atoms with Crippen LogP contribution in [-0.2, 0) is 4.79 Å². The lowest BCUT2D eigenvalue weighted by molar-refractivity contribution is -0.142. The normalized spacial score (nSPS) is 15.0. The minimum Gasteiger partial charge on any atom is -0.481 e. The molecule has 2 atom stereocenters. The second-order valence-corrected chi connectivity index (χ2v) is 2.48. The van der Waals surface area contributed by atoms with Crippen LogP contribution in [0.25, 0.3) is 0 Å². The summed E-state index contributed by atoms with van der Waals surface area (Å²) >= 11 is 0. The molecule has 0 radical (unpaired) electrons. The van der Waals surface area contributed by atoms with E-state index < -0.39 is 23.9 Å². The lowest BCUT2D eigenvalue weighted by Gasteiger charge is -2.13. The summed E-state index contributed by atoms with van der Waals surface area (Å²) in [7, 11) is 0. The largest absolute Gasteiger partial charge is 0.481 e. The number of halogens is 2. The van der Waals surface area contributed by atoms with Gasteiger partial charge in [-0.3, -0.25) is 4.79 Å². The quantitative estimate of drug-likeness (QED) is 0.678. The zero-order valence-electron chi connectivity index (χ0n) is 6.63. The van der Waals surface area contributed by atoms with E-state index in [1.807, 2.05) is 0 Å². The van der Waals surface area contributed by atoms with Crippen LogP contribution in [0, 0.1) is 11.8 Å². The van der Waals surface area contributed by atoms with Gasteiger partial charge in [0, 0.05) is 5.92 Å². The first-order valence-corrected chi connectivity index (χ1v) is 3.44. The second-order valence-electron chi connectivity index (χ2n) is 2.48. The van der Waals surface area contributed by atoms with Crippen molar-refractivity contribution in [2.45, 2.75) is 6.92 Å². The van der Waals surface area contributed by atoms with Crippen LogP contribution in [0.1, 0.15) is 6.92 Å². The first-order chi connectivity index (χ1) is 5.49. The van der Waals surface area contributed by atoms with E-state index in [2.05, 4.69) is 0 Å². The van der Waals surface area contributed by atoms with Gasteiger partial charge in [-0.2, -0.15) is 8.78 Å². The molecular weight excluding hydrogens is 168 g/mol. The highest BCUT2D eigenvalue weighted by molar-refractivity contribution is 5.70. The highest BCUT2D eigenvalue weighted by atomic mass is 19.3. The fourth-order valence-corrected chi connectivity index (χ4v) is 0.761. The summed E-state index contributed by atoms with van der Waals surface area (Å²) in [4.78, 5) is 10.4. The highest BCUT2D eigenvalue weighted by Gasteiger charge is 2.21. The van der Waals surface area contributed by atoms with E-state index in [1.54, 1.807) is 0 Å². The topological polar surface area (TPSA) is 63.3 Å². The molecule has 0 aliphatic rings. The molecule has 0 bridgehead atoms. The van der Waals surface area contributed by atoms with Crippen molar-refractivity contribution in [3.8, 4) is 0 Å². The maximum atomic E-state index is 11.7. The fraction of sp³-hybridized carbons (Fsp3) is 0.571. The van der Waals surface area contributed by atoms with E-state index in [4.69, 9.17) is 10.8 Å². The van der Waals surface area contributed by atoms with Crippen LogP contribution in [0.4, 0.5) is 8.78 Å². The summed E-state index contributed by atoms with van der Waals surface area (Å²) in [6, 6.07) is 0. The van der Waals surface area contributed by atoms with Crippen molar-refractivity contribution in [3.63, 3.8) is 0 Å². The van der Waals surface area contributed by atoms with E-state index >= 15 is 0 Å². The van der Waals surface area contributed by atoms with E-state index in [0.29, 0.717) is 6.08 Å². The monoisotopic (exact) mass is 179 g/mol. The van der Waals surface area contributed by atoms with Gasteiger partial charge >= 0.3 is 5.97 Å². The van der Waals surface area contributed by atoms with Crippen molar-refractivity contribution in [2.75, 3.05) is 6.54 Å². The third-order valence-corrected chi connectivity index (χ3v) is 1.64. The molecule has 0 aromatic carbocycles. The number of hydrogen-bond acceptors (Lipinski definition) is 2. The van der Waals surface area contributed by atoms with Crippen LogP contribution in [0.15, 0.2) is 12.2 Å². The molecule has 0 rings (SSSR count). The minimum atomic E-state index is -1.89. The Morgan fingerprint density at radius 3 is 2.42 bits per heavy atom. The molecule has 0 saturated heterocycles. The molecule has 0 aromatic rings. The van der Waals surface area contributed by atoms with Gasteiger partial charge in [0.2, 0.25) is 0 Å². The van der Waals surface area contributed by atoms with Gasteiger partial charge in [0.1, 0.15) is 0 Å². The maximum absolute atomic E-state index is 11.7. The predicted molar refractivity (Wildman–Crippen MR) is 39.6 cm³/mol. The number of hydrogen-bond donors (Lipinski definition) is 2. The van der Waals surface area contributed by atoms with Crippen molar-refractivity contribution in [1.29, 1.82) is 0 Å². The third kappa shape index (κ3) is 3.43. The van der Waals surface area contributed by atoms with Crippen molar-refractivity contribution < 1.29 is 18.7 Å². The Kier molecular flexibility index (Phi) is 4.43. The van der Waals surface area contributed by atoms with Gasteiger partial charge in [-0.05, 0) is 12.6 Å². The Morgan fingerprint density at radius 1 is 1.67 bits per heavy atom. The maximum Gasteiger partial charge on any atom is 0.306 e. The molecule has 0 aliphatic heterocycles. The van der Waals surface area contributed by atoms with Crippen LogP contribution >= 0.6 is 0 Å². The van der Waals surface area contributed by atoms with Gasteiger partial charge in [0.05, 0.1) is 5.92 Å². The van der Waals surface area contributed by atoms with Crippen molar-refractivity contribution in [2.24, 2.45) is 17.6 Å². The van der Waals surface area contributed by atoms with Gasteiger partial charge in [-0.15, -0.1) is 0 Å². The molecule has 5 heteroatoms. The van der Waals surface area contributed by atoms with Crippen molar-refractivity contribution in [1.82, 2.24) is 0 Å². The first-order valence-electron chi connectivity index (χ1n) is 3.44. The molecule has 0 amide bonds. The number of aliphatic carboxylic acids is 1. The lowest BCUT2D eigenvalue weighted by atomic mass is 9.94. The predicted octanol–water partition coefficient (Wildman–Crippen LogP) is 1.06. The summed E-state index contributed by atoms with van der Waals surface area (Å²) in [6.07, 6.45) is -1.31. The zero-order chi connectivity index (χ0) is 9.72. The Labute approximate surface area is 68.9 Å². The van der Waals surface area contributed by atoms with Crippen molar-refractivity contribution >= 4 is 5.97 Å². The minimum absolute atomic E-state index is 0.0925. The van der Waals surface area contributed by atoms with Gasteiger partial charge < -0.3 is 10.8 Å². The van der Waals surface area contributed by atoms with E-state index in [1.165, 1.54) is 6.92 Å². The Morgan fingerprint density at radius 2 is 2.17 bits per heavy atom. The van der Waals surface area contributed by atoms with Gasteiger partial charge in [-0.1, -0.05) is 6.92 Å². The number of carbonyl (C=O) groups is 1. The third-order valence-electron chi connectivity index (χ3n) is 1.64. The molecule has 0 fully saturated rings. The molecule has 3 N–H and O–H groups in total.